The SMILES string of the molecule is C/C=C/C(=O)N(CCC(C)=O)c1ccc(OC)cc1. The van der Waals surface area contributed by atoms with Gasteiger partial charge in [0.15, 0.2) is 0 Å². The van der Waals surface area contributed by atoms with E-state index in [0.717, 1.165) is 11.4 Å². The summed E-state index contributed by atoms with van der Waals surface area (Å²) in [7, 11) is 1.59. The number of rotatable bonds is 6. The summed E-state index contributed by atoms with van der Waals surface area (Å²) in [6, 6.07) is 7.19. The second kappa shape index (κ2) is 7.36. The monoisotopic (exact) mass is 261 g/mol. The number of ether oxygens (including phenoxy) is 1. The maximum Gasteiger partial charge on any atom is 0.250 e. The molecule has 0 spiro atoms. The molecule has 1 aromatic rings. The van der Waals surface area contributed by atoms with E-state index in [-0.39, 0.29) is 11.7 Å². The van der Waals surface area contributed by atoms with Gasteiger partial charge in [-0.2, -0.15) is 0 Å². The molecule has 0 saturated heterocycles. The Hall–Kier alpha value is -2.10. The first-order valence-electron chi connectivity index (χ1n) is 6.16. The van der Waals surface area contributed by atoms with Crippen LogP contribution in [0.3, 0.4) is 0 Å². The van der Waals surface area contributed by atoms with Crippen LogP contribution in [0.5, 0.6) is 5.75 Å². The molecule has 19 heavy (non-hydrogen) atoms. The van der Waals surface area contributed by atoms with Gasteiger partial charge in [-0.3, -0.25) is 9.59 Å². The van der Waals surface area contributed by atoms with Crippen molar-refractivity contribution >= 4 is 17.4 Å². The number of Topliss-reactive ketones (excluding diaryl/α,β-unsaturated/α-hetero) is 1. The lowest BCUT2D eigenvalue weighted by molar-refractivity contribution is -0.117. The fourth-order valence-corrected chi connectivity index (χ4v) is 1.63. The van der Waals surface area contributed by atoms with Gasteiger partial charge < -0.3 is 9.64 Å². The van der Waals surface area contributed by atoms with E-state index in [1.165, 1.54) is 13.0 Å². The Morgan fingerprint density at radius 2 is 1.89 bits per heavy atom. The minimum absolute atomic E-state index is 0.0618. The lowest BCUT2D eigenvalue weighted by atomic mass is 10.2. The number of ketones is 1. The second-order valence-electron chi connectivity index (χ2n) is 4.14. The molecular formula is C15H19NO3. The number of anilines is 1. The molecule has 0 fully saturated rings. The maximum absolute atomic E-state index is 12.0. The van der Waals surface area contributed by atoms with Crippen LogP contribution in [0.4, 0.5) is 5.69 Å². The summed E-state index contributed by atoms with van der Waals surface area (Å²) in [5.74, 6) is 0.662. The first kappa shape index (κ1) is 15.0. The first-order valence-corrected chi connectivity index (χ1v) is 6.16. The highest BCUT2D eigenvalue weighted by Gasteiger charge is 2.13. The number of carbonyl (C=O) groups excluding carboxylic acids is 2. The van der Waals surface area contributed by atoms with Crippen LogP contribution in [0, 0.1) is 0 Å². The molecule has 0 saturated carbocycles. The van der Waals surface area contributed by atoms with E-state index in [1.54, 1.807) is 49.3 Å². The molecule has 0 N–H and O–H groups in total. The average molecular weight is 261 g/mol. The zero-order valence-electron chi connectivity index (χ0n) is 11.6. The molecule has 1 aromatic carbocycles. The molecule has 102 valence electrons. The maximum atomic E-state index is 12.0. The molecule has 0 atom stereocenters. The van der Waals surface area contributed by atoms with E-state index in [9.17, 15) is 9.59 Å². The van der Waals surface area contributed by atoms with Crippen LogP contribution in [-0.4, -0.2) is 25.3 Å². The standard InChI is InChI=1S/C15H19NO3/c1-4-5-15(18)16(11-10-12(2)17)13-6-8-14(19-3)9-7-13/h4-9H,10-11H2,1-3H3/b5-4+. The Bertz CT molecular complexity index is 463. The van der Waals surface area contributed by atoms with Gasteiger partial charge in [0.2, 0.25) is 0 Å². The quantitative estimate of drug-likeness (QED) is 0.739. The van der Waals surface area contributed by atoms with Crippen LogP contribution in [0.1, 0.15) is 20.3 Å². The number of carbonyl (C=O) groups is 2. The van der Waals surface area contributed by atoms with Gasteiger partial charge in [0.1, 0.15) is 11.5 Å². The summed E-state index contributed by atoms with van der Waals surface area (Å²) in [4.78, 5) is 24.7. The molecule has 0 radical (unpaired) electrons. The molecule has 0 aliphatic heterocycles. The van der Waals surface area contributed by atoms with Crippen molar-refractivity contribution in [1.29, 1.82) is 0 Å². The predicted octanol–water partition coefficient (Wildman–Crippen LogP) is 2.58. The molecule has 1 amide bonds. The van der Waals surface area contributed by atoms with Crippen molar-refractivity contribution in [1.82, 2.24) is 0 Å². The smallest absolute Gasteiger partial charge is 0.250 e. The summed E-state index contributed by atoms with van der Waals surface area (Å²) in [6.07, 6.45) is 3.52. The average Bonchev–Trinajstić information content (AvgIpc) is 2.39. The minimum Gasteiger partial charge on any atom is -0.497 e. The number of hydrogen-bond acceptors (Lipinski definition) is 3. The topological polar surface area (TPSA) is 46.6 Å². The van der Waals surface area contributed by atoms with Gasteiger partial charge in [-0.25, -0.2) is 0 Å². The van der Waals surface area contributed by atoms with Gasteiger partial charge >= 0.3 is 0 Å². The number of amides is 1. The van der Waals surface area contributed by atoms with Gasteiger partial charge in [0.05, 0.1) is 7.11 Å². The van der Waals surface area contributed by atoms with E-state index >= 15 is 0 Å². The molecule has 0 aromatic heterocycles. The highest BCUT2D eigenvalue weighted by molar-refractivity contribution is 6.01. The van der Waals surface area contributed by atoms with Crippen LogP contribution >= 0.6 is 0 Å². The van der Waals surface area contributed by atoms with Crippen molar-refractivity contribution in [2.45, 2.75) is 20.3 Å². The highest BCUT2D eigenvalue weighted by Crippen LogP contribution is 2.20. The lowest BCUT2D eigenvalue weighted by Gasteiger charge is -2.21. The molecule has 0 aliphatic carbocycles. The Morgan fingerprint density at radius 1 is 1.26 bits per heavy atom. The summed E-state index contributed by atoms with van der Waals surface area (Å²) in [5, 5.41) is 0. The number of hydrogen-bond donors (Lipinski definition) is 0. The van der Waals surface area contributed by atoms with Crippen molar-refractivity contribution in [3.05, 3.63) is 36.4 Å². The Balaban J connectivity index is 2.93. The van der Waals surface area contributed by atoms with Gasteiger partial charge in [-0.1, -0.05) is 6.08 Å². The molecule has 0 aliphatic rings. The van der Waals surface area contributed by atoms with Crippen LogP contribution < -0.4 is 9.64 Å². The van der Waals surface area contributed by atoms with E-state index < -0.39 is 0 Å². The molecule has 0 unspecified atom stereocenters. The van der Waals surface area contributed by atoms with Crippen molar-refractivity contribution in [2.75, 3.05) is 18.6 Å². The third kappa shape index (κ3) is 4.58. The van der Waals surface area contributed by atoms with E-state index in [2.05, 4.69) is 0 Å². The van der Waals surface area contributed by atoms with Crippen LogP contribution in [0.15, 0.2) is 36.4 Å². The molecule has 4 heteroatoms. The molecule has 0 heterocycles. The largest absolute Gasteiger partial charge is 0.497 e. The summed E-state index contributed by atoms with van der Waals surface area (Å²) in [6.45, 7) is 3.69. The summed E-state index contributed by atoms with van der Waals surface area (Å²) >= 11 is 0. The number of methoxy groups -OCH3 is 1. The van der Waals surface area contributed by atoms with Gasteiger partial charge in [-0.05, 0) is 44.2 Å². The zero-order valence-corrected chi connectivity index (χ0v) is 11.6. The predicted molar refractivity (Wildman–Crippen MR) is 75.5 cm³/mol. The van der Waals surface area contributed by atoms with Crippen LogP contribution in [0.2, 0.25) is 0 Å². The van der Waals surface area contributed by atoms with Crippen LogP contribution in [0.25, 0.3) is 0 Å². The third-order valence-corrected chi connectivity index (χ3v) is 2.65. The Kier molecular flexibility index (Phi) is 5.79. The van der Waals surface area contributed by atoms with E-state index in [0.29, 0.717) is 13.0 Å². The minimum atomic E-state index is -0.131. The summed E-state index contributed by atoms with van der Waals surface area (Å²) in [5.41, 5.74) is 0.755. The molecule has 1 rings (SSSR count). The zero-order chi connectivity index (χ0) is 14.3. The Morgan fingerprint density at radius 3 is 2.37 bits per heavy atom. The number of benzene rings is 1. The normalized spacial score (nSPS) is 10.5. The molecule has 4 nitrogen and oxygen atoms in total. The van der Waals surface area contributed by atoms with Crippen molar-refractivity contribution in [3.63, 3.8) is 0 Å². The Labute approximate surface area is 113 Å². The summed E-state index contributed by atoms with van der Waals surface area (Å²) < 4.78 is 5.08. The number of allylic oxidation sites excluding steroid dienone is 1. The van der Waals surface area contributed by atoms with Gasteiger partial charge in [-0.15, -0.1) is 0 Å². The fourth-order valence-electron chi connectivity index (χ4n) is 1.63. The van der Waals surface area contributed by atoms with Gasteiger partial charge in [0, 0.05) is 18.7 Å². The fraction of sp³-hybridized carbons (Fsp3) is 0.333. The van der Waals surface area contributed by atoms with E-state index in [1.807, 2.05) is 0 Å². The van der Waals surface area contributed by atoms with Crippen molar-refractivity contribution in [2.24, 2.45) is 0 Å². The van der Waals surface area contributed by atoms with Gasteiger partial charge in [0.25, 0.3) is 5.91 Å². The van der Waals surface area contributed by atoms with Crippen molar-refractivity contribution in [3.8, 4) is 5.75 Å². The van der Waals surface area contributed by atoms with E-state index in [4.69, 9.17) is 4.74 Å². The first-order chi connectivity index (χ1) is 9.08. The van der Waals surface area contributed by atoms with Crippen LogP contribution in [-0.2, 0) is 9.59 Å². The van der Waals surface area contributed by atoms with Crippen molar-refractivity contribution < 1.29 is 14.3 Å². The lowest BCUT2D eigenvalue weighted by Crippen LogP contribution is -2.31. The second-order valence-corrected chi connectivity index (χ2v) is 4.14. The molecular weight excluding hydrogens is 242 g/mol. The third-order valence-electron chi connectivity index (χ3n) is 2.65. The number of nitrogens with zero attached hydrogens (tertiary/aromatic N) is 1. The molecule has 0 bridgehead atoms. The highest BCUT2D eigenvalue weighted by atomic mass is 16.5.